The fourth-order valence-corrected chi connectivity index (χ4v) is 3.05. The van der Waals surface area contributed by atoms with Gasteiger partial charge in [0.05, 0.1) is 11.8 Å². The third-order valence-corrected chi connectivity index (χ3v) is 4.57. The number of ether oxygens (including phenoxy) is 1. The van der Waals surface area contributed by atoms with E-state index in [4.69, 9.17) is 9.15 Å². The Morgan fingerprint density at radius 2 is 1.96 bits per heavy atom. The van der Waals surface area contributed by atoms with Gasteiger partial charge in [-0.1, -0.05) is 0 Å². The minimum atomic E-state index is -0.572. The molecule has 1 saturated heterocycles. The van der Waals surface area contributed by atoms with E-state index in [0.29, 0.717) is 17.8 Å². The van der Waals surface area contributed by atoms with Crippen LogP contribution in [0.15, 0.2) is 47.1 Å². The summed E-state index contributed by atoms with van der Waals surface area (Å²) in [6, 6.07) is 9.61. The van der Waals surface area contributed by atoms with E-state index in [1.807, 2.05) is 6.92 Å². The Kier molecular flexibility index (Phi) is 5.90. The van der Waals surface area contributed by atoms with Gasteiger partial charge in [-0.15, -0.1) is 0 Å². The number of nitrogens with one attached hydrogen (secondary N) is 1. The average Bonchev–Trinajstić information content (AvgIpc) is 3.22. The third-order valence-electron chi connectivity index (χ3n) is 4.57. The first-order chi connectivity index (χ1) is 13.0. The molecule has 1 N–H and O–H groups in total. The van der Waals surface area contributed by atoms with E-state index in [9.17, 15) is 14.4 Å². The second-order valence-corrected chi connectivity index (χ2v) is 6.52. The summed E-state index contributed by atoms with van der Waals surface area (Å²) >= 11 is 0. The molecular weight excluding hydrogens is 348 g/mol. The number of furan rings is 1. The number of piperidine rings is 1. The monoisotopic (exact) mass is 370 g/mol. The lowest BCUT2D eigenvalue weighted by atomic mass is 10.0. The Morgan fingerprint density at radius 1 is 1.19 bits per heavy atom. The summed E-state index contributed by atoms with van der Waals surface area (Å²) in [6.07, 6.45) is 4.49. The van der Waals surface area contributed by atoms with E-state index in [-0.39, 0.29) is 30.2 Å². The van der Waals surface area contributed by atoms with Crippen molar-refractivity contribution < 1.29 is 23.5 Å². The molecule has 2 amide bonds. The van der Waals surface area contributed by atoms with Gasteiger partial charge in [0.25, 0.3) is 11.8 Å². The Labute approximate surface area is 157 Å². The van der Waals surface area contributed by atoms with Crippen molar-refractivity contribution in [3.8, 4) is 0 Å². The Bertz CT molecular complexity index is 798. The number of benzene rings is 1. The van der Waals surface area contributed by atoms with Gasteiger partial charge in [0, 0.05) is 18.3 Å². The zero-order valence-electron chi connectivity index (χ0n) is 15.1. The van der Waals surface area contributed by atoms with Crippen molar-refractivity contribution in [1.29, 1.82) is 0 Å². The van der Waals surface area contributed by atoms with Crippen LogP contribution in [-0.2, 0) is 9.53 Å². The molecule has 0 aliphatic carbocycles. The van der Waals surface area contributed by atoms with Crippen LogP contribution in [0.4, 0.5) is 5.69 Å². The number of hydrogen-bond acceptors (Lipinski definition) is 5. The molecule has 1 aromatic carbocycles. The zero-order valence-corrected chi connectivity index (χ0v) is 15.1. The predicted molar refractivity (Wildman–Crippen MR) is 98.4 cm³/mol. The fraction of sp³-hybridized carbons (Fsp3) is 0.350. The van der Waals surface area contributed by atoms with E-state index in [2.05, 4.69) is 5.32 Å². The molecule has 2 aromatic rings. The Morgan fingerprint density at radius 3 is 2.63 bits per heavy atom. The van der Waals surface area contributed by atoms with E-state index >= 15 is 0 Å². The van der Waals surface area contributed by atoms with Gasteiger partial charge in [-0.25, -0.2) is 4.79 Å². The number of nitrogens with zero attached hydrogens (tertiary/aromatic N) is 1. The smallest absolute Gasteiger partial charge is 0.338 e. The number of carbonyl (C=O) groups is 3. The summed E-state index contributed by atoms with van der Waals surface area (Å²) in [6.45, 7) is 2.45. The minimum Gasteiger partial charge on any atom is -0.459 e. The van der Waals surface area contributed by atoms with Crippen molar-refractivity contribution in [3.05, 3.63) is 54.0 Å². The average molecular weight is 370 g/mol. The summed E-state index contributed by atoms with van der Waals surface area (Å²) in [4.78, 5) is 38.0. The van der Waals surface area contributed by atoms with E-state index < -0.39 is 5.97 Å². The van der Waals surface area contributed by atoms with Gasteiger partial charge >= 0.3 is 5.97 Å². The van der Waals surface area contributed by atoms with E-state index in [0.717, 1.165) is 19.3 Å². The van der Waals surface area contributed by atoms with Crippen molar-refractivity contribution in [3.63, 3.8) is 0 Å². The first-order valence-electron chi connectivity index (χ1n) is 8.96. The molecule has 1 atom stereocenters. The van der Waals surface area contributed by atoms with Crippen molar-refractivity contribution in [2.45, 2.75) is 32.2 Å². The molecule has 7 nitrogen and oxygen atoms in total. The number of hydrogen-bond donors (Lipinski definition) is 1. The van der Waals surface area contributed by atoms with Crippen molar-refractivity contribution >= 4 is 23.5 Å². The number of likely N-dealkylation sites (tertiary alicyclic amines) is 1. The largest absolute Gasteiger partial charge is 0.459 e. The molecule has 1 aliphatic heterocycles. The Balaban J connectivity index is 1.51. The first-order valence-corrected chi connectivity index (χ1v) is 8.96. The lowest BCUT2D eigenvalue weighted by Gasteiger charge is -2.33. The molecular formula is C20H22N2O5. The predicted octanol–water partition coefficient (Wildman–Crippen LogP) is 3.09. The van der Waals surface area contributed by atoms with Crippen molar-refractivity contribution in [2.75, 3.05) is 18.5 Å². The summed E-state index contributed by atoms with van der Waals surface area (Å²) in [5.41, 5.74) is 0.830. The summed E-state index contributed by atoms with van der Waals surface area (Å²) in [7, 11) is 0. The molecule has 1 fully saturated rings. The fourth-order valence-electron chi connectivity index (χ4n) is 3.05. The van der Waals surface area contributed by atoms with Gasteiger partial charge in [-0.3, -0.25) is 9.59 Å². The van der Waals surface area contributed by atoms with Gasteiger partial charge in [-0.05, 0) is 62.6 Å². The van der Waals surface area contributed by atoms with Crippen LogP contribution < -0.4 is 5.32 Å². The van der Waals surface area contributed by atoms with E-state index in [1.54, 1.807) is 29.2 Å². The van der Waals surface area contributed by atoms with Crippen LogP contribution in [0.1, 0.15) is 47.1 Å². The maximum atomic E-state index is 12.2. The normalized spacial score (nSPS) is 16.6. The second-order valence-electron chi connectivity index (χ2n) is 6.52. The molecule has 0 radical (unpaired) electrons. The highest BCUT2D eigenvalue weighted by Crippen LogP contribution is 2.17. The first kappa shape index (κ1) is 18.7. The third kappa shape index (κ3) is 4.75. The van der Waals surface area contributed by atoms with Gasteiger partial charge in [0.15, 0.2) is 12.4 Å². The van der Waals surface area contributed by atoms with E-state index in [1.165, 1.54) is 18.4 Å². The van der Waals surface area contributed by atoms with Gasteiger partial charge in [0.2, 0.25) is 0 Å². The molecule has 3 rings (SSSR count). The maximum Gasteiger partial charge on any atom is 0.338 e. The van der Waals surface area contributed by atoms with Crippen molar-refractivity contribution in [1.82, 2.24) is 4.90 Å². The van der Waals surface area contributed by atoms with Crippen LogP contribution in [-0.4, -0.2) is 41.9 Å². The number of rotatable bonds is 5. The molecule has 0 saturated carbocycles. The molecule has 1 aromatic heterocycles. The molecule has 1 aliphatic rings. The summed E-state index contributed by atoms with van der Waals surface area (Å²) in [5, 5.41) is 2.66. The molecule has 0 unspecified atom stereocenters. The number of carbonyl (C=O) groups excluding carboxylic acids is 3. The van der Waals surface area contributed by atoms with Crippen LogP contribution in [0.3, 0.4) is 0 Å². The van der Waals surface area contributed by atoms with Crippen LogP contribution in [0.25, 0.3) is 0 Å². The van der Waals surface area contributed by atoms with Crippen LogP contribution in [0, 0.1) is 0 Å². The van der Waals surface area contributed by atoms with Gasteiger partial charge in [-0.2, -0.15) is 0 Å². The van der Waals surface area contributed by atoms with Crippen LogP contribution in [0.2, 0.25) is 0 Å². The quantitative estimate of drug-likeness (QED) is 0.817. The highest BCUT2D eigenvalue weighted by Gasteiger charge is 2.24. The van der Waals surface area contributed by atoms with Gasteiger partial charge in [0.1, 0.15) is 0 Å². The molecule has 0 spiro atoms. The van der Waals surface area contributed by atoms with Crippen LogP contribution >= 0.6 is 0 Å². The van der Waals surface area contributed by atoms with Crippen molar-refractivity contribution in [2.24, 2.45) is 0 Å². The lowest BCUT2D eigenvalue weighted by molar-refractivity contribution is -0.137. The zero-order chi connectivity index (χ0) is 19.2. The number of esters is 1. The SMILES string of the molecule is C[C@H]1CCCCN1C(=O)COC(=O)c1ccc(NC(=O)c2ccco2)cc1. The second kappa shape index (κ2) is 8.53. The Hall–Kier alpha value is -3.09. The topological polar surface area (TPSA) is 88.9 Å². The van der Waals surface area contributed by atoms with Gasteiger partial charge < -0.3 is 19.4 Å². The maximum absolute atomic E-state index is 12.2. The summed E-state index contributed by atoms with van der Waals surface area (Å²) in [5.74, 6) is -0.921. The number of anilines is 1. The molecule has 27 heavy (non-hydrogen) atoms. The molecule has 142 valence electrons. The highest BCUT2D eigenvalue weighted by molar-refractivity contribution is 6.02. The highest BCUT2D eigenvalue weighted by atomic mass is 16.5. The standard InChI is InChI=1S/C20H22N2O5/c1-14-5-2-3-11-22(14)18(23)13-27-20(25)15-7-9-16(10-8-15)21-19(24)17-6-4-12-26-17/h4,6-10,12,14H,2-3,5,11,13H2,1H3,(H,21,24)/t14-/m0/s1. The van der Waals surface area contributed by atoms with Crippen LogP contribution in [0.5, 0.6) is 0 Å². The number of amides is 2. The lowest BCUT2D eigenvalue weighted by Crippen LogP contribution is -2.44. The molecule has 7 heteroatoms. The molecule has 0 bridgehead atoms. The molecule has 2 heterocycles. The minimum absolute atomic E-state index is 0.169. The summed E-state index contributed by atoms with van der Waals surface area (Å²) < 4.78 is 10.2.